The lowest BCUT2D eigenvalue weighted by Gasteiger charge is -2.24. The largest absolute Gasteiger partial charge is 0.440 e. The van der Waals surface area contributed by atoms with Gasteiger partial charge in [0.05, 0.1) is 0 Å². The van der Waals surface area contributed by atoms with Crippen LogP contribution in [-0.2, 0) is 9.53 Å². The minimum atomic E-state index is -0.878. The van der Waals surface area contributed by atoms with E-state index in [9.17, 15) is 14.7 Å². The number of amides is 1. The monoisotopic (exact) mass is 183 g/mol. The maximum absolute atomic E-state index is 11.3. The molecule has 1 N–H and O–H groups in total. The van der Waals surface area contributed by atoms with Crippen LogP contribution in [0.4, 0.5) is 4.79 Å². The van der Waals surface area contributed by atoms with Crippen molar-refractivity contribution in [2.75, 3.05) is 7.05 Å². The zero-order chi connectivity index (χ0) is 9.59. The summed E-state index contributed by atoms with van der Waals surface area (Å²) >= 11 is 0. The summed E-state index contributed by atoms with van der Waals surface area (Å²) in [5.74, 6) is -0.205. The van der Waals surface area contributed by atoms with Gasteiger partial charge in [-0.3, -0.25) is 9.69 Å². The second-order valence-electron chi connectivity index (χ2n) is 3.16. The fraction of sp³-hybridized carbons (Fsp3) is 0.500. The number of aliphatic hydroxyl groups excluding tert-OH is 1. The molecule has 0 saturated carbocycles. The molecule has 1 aliphatic carbocycles. The molecule has 1 fully saturated rings. The number of hydrogen-bond acceptors (Lipinski definition) is 4. The number of likely N-dealkylation sites (N-methyl/N-ethyl adjacent to an activating group) is 1. The number of aliphatic hydroxyl groups is 1. The van der Waals surface area contributed by atoms with E-state index in [1.807, 2.05) is 0 Å². The molecule has 2 rings (SSSR count). The summed E-state index contributed by atoms with van der Waals surface area (Å²) in [6.45, 7) is 0. The van der Waals surface area contributed by atoms with Crippen LogP contribution in [0, 0.1) is 0 Å². The lowest BCUT2D eigenvalue weighted by atomic mass is 9.95. The molecule has 0 aromatic carbocycles. The average molecular weight is 183 g/mol. The summed E-state index contributed by atoms with van der Waals surface area (Å²) in [7, 11) is 1.48. The summed E-state index contributed by atoms with van der Waals surface area (Å²) in [6.07, 6.45) is 0.443. The minimum absolute atomic E-state index is 0.205. The Morgan fingerprint density at radius 1 is 1.54 bits per heavy atom. The fourth-order valence-electron chi connectivity index (χ4n) is 1.61. The number of nitrogens with zero attached hydrogens (tertiary/aromatic N) is 1. The Kier molecular flexibility index (Phi) is 1.63. The number of rotatable bonds is 0. The molecule has 0 aromatic rings. The van der Waals surface area contributed by atoms with Crippen molar-refractivity contribution in [1.29, 1.82) is 0 Å². The number of ether oxygens (including phenoxy) is 1. The molecular weight excluding hydrogens is 174 g/mol. The zero-order valence-corrected chi connectivity index (χ0v) is 7.01. The summed E-state index contributed by atoms with van der Waals surface area (Å²) in [4.78, 5) is 23.6. The molecule has 2 aliphatic rings. The molecular formula is C8H9NO4. The fourth-order valence-corrected chi connectivity index (χ4v) is 1.61. The predicted octanol–water partition coefficient (Wildman–Crippen LogP) is -0.695. The second-order valence-corrected chi connectivity index (χ2v) is 3.16. The highest BCUT2D eigenvalue weighted by Gasteiger charge is 2.48. The van der Waals surface area contributed by atoms with Crippen molar-refractivity contribution in [3.8, 4) is 0 Å². The lowest BCUT2D eigenvalue weighted by molar-refractivity contribution is -0.121. The van der Waals surface area contributed by atoms with E-state index in [2.05, 4.69) is 0 Å². The molecule has 0 radical (unpaired) electrons. The molecule has 5 nitrogen and oxygen atoms in total. The van der Waals surface area contributed by atoms with Crippen LogP contribution in [0.5, 0.6) is 0 Å². The van der Waals surface area contributed by atoms with Crippen molar-refractivity contribution in [2.24, 2.45) is 0 Å². The molecule has 13 heavy (non-hydrogen) atoms. The SMILES string of the molecule is CN1C(=O)O[C@@H]2[C@@H](O)C=CC(=O)[C@@H]21. The van der Waals surface area contributed by atoms with E-state index in [4.69, 9.17) is 4.74 Å². The maximum atomic E-state index is 11.3. The third kappa shape index (κ3) is 1.04. The Morgan fingerprint density at radius 2 is 2.23 bits per heavy atom. The zero-order valence-electron chi connectivity index (χ0n) is 7.01. The number of carbonyl (C=O) groups is 2. The van der Waals surface area contributed by atoms with Gasteiger partial charge in [-0.15, -0.1) is 0 Å². The third-order valence-electron chi connectivity index (χ3n) is 2.34. The Hall–Kier alpha value is -1.36. The number of ketones is 1. The van der Waals surface area contributed by atoms with Crippen molar-refractivity contribution in [3.05, 3.63) is 12.2 Å². The van der Waals surface area contributed by atoms with E-state index in [1.165, 1.54) is 24.1 Å². The summed E-state index contributed by atoms with van der Waals surface area (Å²) in [6, 6.07) is -0.660. The van der Waals surface area contributed by atoms with Gasteiger partial charge in [0.1, 0.15) is 12.1 Å². The van der Waals surface area contributed by atoms with Crippen LogP contribution >= 0.6 is 0 Å². The van der Waals surface area contributed by atoms with Gasteiger partial charge in [-0.1, -0.05) is 0 Å². The predicted molar refractivity (Wildman–Crippen MR) is 42.0 cm³/mol. The van der Waals surface area contributed by atoms with Crippen LogP contribution in [-0.4, -0.2) is 47.2 Å². The molecule has 1 aliphatic heterocycles. The van der Waals surface area contributed by atoms with Crippen LogP contribution in [0.3, 0.4) is 0 Å². The van der Waals surface area contributed by atoms with E-state index < -0.39 is 24.3 Å². The van der Waals surface area contributed by atoms with Crippen molar-refractivity contribution >= 4 is 11.9 Å². The van der Waals surface area contributed by atoms with Crippen LogP contribution in [0.15, 0.2) is 12.2 Å². The molecule has 5 heteroatoms. The van der Waals surface area contributed by atoms with Gasteiger partial charge in [0.15, 0.2) is 11.9 Å². The van der Waals surface area contributed by atoms with Gasteiger partial charge in [-0.2, -0.15) is 0 Å². The average Bonchev–Trinajstić information content (AvgIpc) is 2.38. The van der Waals surface area contributed by atoms with E-state index in [0.717, 1.165) is 0 Å². The van der Waals surface area contributed by atoms with Crippen LogP contribution < -0.4 is 0 Å². The van der Waals surface area contributed by atoms with Gasteiger partial charge in [0.2, 0.25) is 0 Å². The normalized spacial score (nSPS) is 37.7. The Balaban J connectivity index is 2.34. The molecule has 0 unspecified atom stereocenters. The van der Waals surface area contributed by atoms with E-state index in [0.29, 0.717) is 0 Å². The second kappa shape index (κ2) is 2.56. The number of carbonyl (C=O) groups excluding carboxylic acids is 2. The van der Waals surface area contributed by atoms with Crippen molar-refractivity contribution in [3.63, 3.8) is 0 Å². The van der Waals surface area contributed by atoms with Gasteiger partial charge >= 0.3 is 6.09 Å². The Morgan fingerprint density at radius 3 is 2.85 bits per heavy atom. The lowest BCUT2D eigenvalue weighted by Crippen LogP contribution is -2.47. The standard InChI is InChI=1S/C8H9NO4/c1-9-6-4(10)2-3-5(11)7(6)13-8(9)12/h2-3,5-7,11H,1H3/t5-,6-,7+/m0/s1. The molecule has 0 bridgehead atoms. The van der Waals surface area contributed by atoms with Gasteiger partial charge in [-0.05, 0) is 12.2 Å². The Bertz CT molecular complexity index is 299. The van der Waals surface area contributed by atoms with Crippen LogP contribution in [0.2, 0.25) is 0 Å². The van der Waals surface area contributed by atoms with E-state index >= 15 is 0 Å². The van der Waals surface area contributed by atoms with Crippen LogP contribution in [0.25, 0.3) is 0 Å². The highest BCUT2D eigenvalue weighted by Crippen LogP contribution is 2.25. The molecule has 1 heterocycles. The summed E-state index contributed by atoms with van der Waals surface area (Å²) < 4.78 is 4.83. The van der Waals surface area contributed by atoms with Crippen molar-refractivity contribution in [2.45, 2.75) is 18.2 Å². The Labute approximate surface area is 74.6 Å². The van der Waals surface area contributed by atoms with Gasteiger partial charge < -0.3 is 9.84 Å². The highest BCUT2D eigenvalue weighted by atomic mass is 16.6. The first-order valence-corrected chi connectivity index (χ1v) is 3.95. The molecule has 1 amide bonds. The topological polar surface area (TPSA) is 66.8 Å². The molecule has 0 spiro atoms. The summed E-state index contributed by atoms with van der Waals surface area (Å²) in [5, 5.41) is 9.39. The maximum Gasteiger partial charge on any atom is 0.410 e. The van der Waals surface area contributed by atoms with Gasteiger partial charge in [-0.25, -0.2) is 4.79 Å². The first-order chi connectivity index (χ1) is 6.11. The van der Waals surface area contributed by atoms with Crippen molar-refractivity contribution < 1.29 is 19.4 Å². The van der Waals surface area contributed by atoms with Crippen molar-refractivity contribution in [1.82, 2.24) is 4.90 Å². The smallest absolute Gasteiger partial charge is 0.410 e. The number of hydrogen-bond donors (Lipinski definition) is 1. The van der Waals surface area contributed by atoms with Gasteiger partial charge in [0, 0.05) is 7.05 Å². The molecule has 3 atom stereocenters. The van der Waals surface area contributed by atoms with E-state index in [-0.39, 0.29) is 5.78 Å². The first kappa shape index (κ1) is 8.25. The third-order valence-corrected chi connectivity index (χ3v) is 2.34. The molecule has 70 valence electrons. The summed E-state index contributed by atoms with van der Waals surface area (Å²) in [5.41, 5.74) is 0. The quantitative estimate of drug-likeness (QED) is 0.539. The highest BCUT2D eigenvalue weighted by molar-refractivity contribution is 5.99. The molecule has 1 saturated heterocycles. The molecule has 0 aromatic heterocycles. The number of fused-ring (bicyclic) bond motifs is 1. The van der Waals surface area contributed by atoms with Crippen LogP contribution in [0.1, 0.15) is 0 Å². The van der Waals surface area contributed by atoms with Gasteiger partial charge in [0.25, 0.3) is 0 Å². The van der Waals surface area contributed by atoms with E-state index in [1.54, 1.807) is 0 Å². The minimum Gasteiger partial charge on any atom is -0.440 e. The first-order valence-electron chi connectivity index (χ1n) is 3.95.